The number of methoxy groups -OCH3 is 1. The van der Waals surface area contributed by atoms with E-state index in [4.69, 9.17) is 9.47 Å². The Labute approximate surface area is 274 Å². The van der Waals surface area contributed by atoms with Crippen LogP contribution in [0, 0.1) is 17.2 Å². The van der Waals surface area contributed by atoms with E-state index in [0.29, 0.717) is 12.8 Å². The number of β-amino-alcohol motifs (C(OH)–C–C–N with tert-alkyl or cyclic N) is 1. The van der Waals surface area contributed by atoms with Crippen LogP contribution in [0.2, 0.25) is 0 Å². The molecule has 2 saturated carbocycles. The summed E-state index contributed by atoms with van der Waals surface area (Å²) in [7, 11) is -2.63. The molecule has 0 bridgehead atoms. The summed E-state index contributed by atoms with van der Waals surface area (Å²) in [6, 6.07) is 0.792. The van der Waals surface area contributed by atoms with Gasteiger partial charge in [0.2, 0.25) is 21.8 Å². The van der Waals surface area contributed by atoms with Gasteiger partial charge in [-0.25, -0.2) is 17.6 Å². The van der Waals surface area contributed by atoms with E-state index in [1.54, 1.807) is 41.5 Å². The molecule has 4 amide bonds. The first-order valence-corrected chi connectivity index (χ1v) is 17.0. The number of carbonyl (C=O) groups excluding carboxylic acids is 4. The molecule has 4 N–H and O–H groups in total. The number of benzene rings is 1. The predicted molar refractivity (Wildman–Crippen MR) is 169 cm³/mol. The van der Waals surface area contributed by atoms with Gasteiger partial charge in [0.05, 0.1) is 18.9 Å². The van der Waals surface area contributed by atoms with Crippen LogP contribution >= 0.6 is 0 Å². The Hall–Kier alpha value is -3.72. The maximum atomic E-state index is 14.5. The molecule has 1 aromatic rings. The number of nitrogens with one attached hydrogen (secondary N) is 3. The van der Waals surface area contributed by atoms with Gasteiger partial charge in [-0.05, 0) is 63.6 Å². The fraction of sp³-hybridized carbons (Fsp3) is 0.625. The van der Waals surface area contributed by atoms with Gasteiger partial charge in [-0.2, -0.15) is 0 Å². The van der Waals surface area contributed by atoms with E-state index in [1.807, 2.05) is 0 Å². The van der Waals surface area contributed by atoms with Gasteiger partial charge in [0.25, 0.3) is 5.91 Å². The van der Waals surface area contributed by atoms with Gasteiger partial charge in [0, 0.05) is 17.9 Å². The van der Waals surface area contributed by atoms with Gasteiger partial charge in [-0.15, -0.1) is 6.58 Å². The number of aliphatic hydroxyl groups is 1. The number of halogens is 1. The third-order valence-electron chi connectivity index (χ3n) is 8.61. The molecule has 1 saturated heterocycles. The van der Waals surface area contributed by atoms with Crippen molar-refractivity contribution in [3.05, 3.63) is 42.2 Å². The number of ether oxygens (including phenoxy) is 2. The molecule has 13 nitrogen and oxygen atoms in total. The zero-order valence-electron chi connectivity index (χ0n) is 27.8. The summed E-state index contributed by atoms with van der Waals surface area (Å²) in [4.78, 5) is 55.7. The van der Waals surface area contributed by atoms with E-state index in [9.17, 15) is 37.1 Å². The average Bonchev–Trinajstić information content (AvgIpc) is 3.87. The first-order chi connectivity index (χ1) is 21.6. The molecule has 3 fully saturated rings. The normalized spacial score (nSPS) is 26.5. The number of likely N-dealkylation sites (tertiary alicyclic amines) is 1. The van der Waals surface area contributed by atoms with Crippen molar-refractivity contribution in [1.29, 1.82) is 0 Å². The smallest absolute Gasteiger partial charge is 0.408 e. The van der Waals surface area contributed by atoms with Crippen molar-refractivity contribution in [2.24, 2.45) is 11.3 Å². The maximum absolute atomic E-state index is 14.5. The van der Waals surface area contributed by atoms with Crippen LogP contribution in [0.4, 0.5) is 9.18 Å². The van der Waals surface area contributed by atoms with Gasteiger partial charge in [-0.1, -0.05) is 26.8 Å². The highest BCUT2D eigenvalue weighted by molar-refractivity contribution is 7.91. The number of hydrogen-bond donors (Lipinski definition) is 4. The fourth-order valence-corrected chi connectivity index (χ4v) is 7.21. The van der Waals surface area contributed by atoms with E-state index in [-0.39, 0.29) is 17.7 Å². The molecule has 2 aliphatic carbocycles. The number of sulfonamides is 1. The van der Waals surface area contributed by atoms with Crippen LogP contribution in [0.25, 0.3) is 0 Å². The Kier molecular flexibility index (Phi) is 9.52. The Morgan fingerprint density at radius 1 is 1.13 bits per heavy atom. The number of hydrogen-bond acceptors (Lipinski definition) is 9. The maximum Gasteiger partial charge on any atom is 0.408 e. The second-order valence-electron chi connectivity index (χ2n) is 14.7. The lowest BCUT2D eigenvalue weighted by Crippen LogP contribution is -2.60. The van der Waals surface area contributed by atoms with Crippen molar-refractivity contribution < 1.29 is 46.6 Å². The molecule has 0 spiro atoms. The Bertz CT molecular complexity index is 1570. The second kappa shape index (κ2) is 12.4. The molecular weight excluding hydrogens is 635 g/mol. The highest BCUT2D eigenvalue weighted by atomic mass is 32.2. The number of nitrogens with zero attached hydrogens (tertiary/aromatic N) is 1. The quantitative estimate of drug-likeness (QED) is 0.270. The van der Waals surface area contributed by atoms with E-state index in [1.165, 1.54) is 19.3 Å². The molecule has 1 heterocycles. The van der Waals surface area contributed by atoms with Gasteiger partial charge in [0.15, 0.2) is 0 Å². The van der Waals surface area contributed by atoms with Crippen LogP contribution in [0.15, 0.2) is 30.9 Å². The van der Waals surface area contributed by atoms with Crippen molar-refractivity contribution in [2.45, 2.75) is 101 Å². The molecule has 4 rings (SSSR count). The van der Waals surface area contributed by atoms with Crippen LogP contribution in [-0.4, -0.2) is 84.4 Å². The van der Waals surface area contributed by atoms with Crippen LogP contribution in [-0.2, 0) is 34.7 Å². The first-order valence-electron chi connectivity index (χ1n) is 15.4. The SMILES string of the molecule is C=C[C@@H]1C[C@]1(NC(=O)[C@@H]1C[C@@](O)(c2cc(F)ccc2OC)CN1C(=O)[C@@H](NC(=O)OC(C)(C)C)C(C)(C)C)C(=O)NS(=O)(=O)C1CC1. The van der Waals surface area contributed by atoms with Crippen molar-refractivity contribution >= 4 is 33.8 Å². The highest BCUT2D eigenvalue weighted by Gasteiger charge is 2.62. The van der Waals surface area contributed by atoms with Crippen molar-refractivity contribution in [1.82, 2.24) is 20.3 Å². The zero-order valence-corrected chi connectivity index (χ0v) is 28.6. The minimum absolute atomic E-state index is 0.0149. The monoisotopic (exact) mass is 680 g/mol. The zero-order chi connectivity index (χ0) is 35.3. The van der Waals surface area contributed by atoms with E-state index < -0.39 is 98.0 Å². The third kappa shape index (κ3) is 7.72. The lowest BCUT2D eigenvalue weighted by atomic mass is 9.85. The predicted octanol–water partition coefficient (Wildman–Crippen LogP) is 2.23. The summed E-state index contributed by atoms with van der Waals surface area (Å²) < 4.78 is 52.5. The highest BCUT2D eigenvalue weighted by Crippen LogP contribution is 2.47. The summed E-state index contributed by atoms with van der Waals surface area (Å²) in [5.74, 6) is -3.74. The van der Waals surface area contributed by atoms with E-state index in [2.05, 4.69) is 21.9 Å². The second-order valence-corrected chi connectivity index (χ2v) is 16.7. The minimum atomic E-state index is -3.95. The van der Waals surface area contributed by atoms with Crippen molar-refractivity contribution in [3.8, 4) is 5.75 Å². The largest absolute Gasteiger partial charge is 0.496 e. The summed E-state index contributed by atoms with van der Waals surface area (Å²) in [6.45, 7) is 13.2. The topological polar surface area (TPSA) is 180 Å². The lowest BCUT2D eigenvalue weighted by Gasteiger charge is -2.36. The molecular formula is C32H45FN4O9S. The number of amides is 4. The van der Waals surface area contributed by atoms with Gasteiger partial charge >= 0.3 is 6.09 Å². The van der Waals surface area contributed by atoms with Gasteiger partial charge in [-0.3, -0.25) is 19.1 Å². The van der Waals surface area contributed by atoms with E-state index >= 15 is 0 Å². The first kappa shape index (κ1) is 36.1. The van der Waals surface area contributed by atoms with Gasteiger partial charge < -0.3 is 30.1 Å². The van der Waals surface area contributed by atoms with Crippen LogP contribution < -0.4 is 20.1 Å². The summed E-state index contributed by atoms with van der Waals surface area (Å²) in [6.07, 6.45) is 0.995. The van der Waals surface area contributed by atoms with Gasteiger partial charge in [0.1, 0.15) is 40.4 Å². The van der Waals surface area contributed by atoms with Crippen molar-refractivity contribution in [3.63, 3.8) is 0 Å². The molecule has 1 aliphatic heterocycles. The molecule has 260 valence electrons. The molecule has 3 aliphatic rings. The molecule has 15 heteroatoms. The van der Waals surface area contributed by atoms with Crippen molar-refractivity contribution in [2.75, 3.05) is 13.7 Å². The van der Waals surface area contributed by atoms with E-state index in [0.717, 1.165) is 17.0 Å². The number of carbonyl (C=O) groups is 4. The fourth-order valence-electron chi connectivity index (χ4n) is 5.85. The molecule has 0 radical (unpaired) electrons. The molecule has 5 atom stereocenters. The molecule has 1 aromatic carbocycles. The Balaban J connectivity index is 1.71. The number of alkyl carbamates (subject to hydrolysis) is 1. The minimum Gasteiger partial charge on any atom is -0.496 e. The molecule has 0 unspecified atom stereocenters. The Morgan fingerprint density at radius 2 is 1.77 bits per heavy atom. The van der Waals surface area contributed by atoms with Crippen LogP contribution in [0.5, 0.6) is 5.75 Å². The lowest BCUT2D eigenvalue weighted by molar-refractivity contribution is -0.143. The number of rotatable bonds is 10. The Morgan fingerprint density at radius 3 is 2.28 bits per heavy atom. The summed E-state index contributed by atoms with van der Waals surface area (Å²) in [5.41, 5.74) is -5.49. The summed E-state index contributed by atoms with van der Waals surface area (Å²) >= 11 is 0. The molecule has 0 aromatic heterocycles. The van der Waals surface area contributed by atoms with Crippen LogP contribution in [0.3, 0.4) is 0 Å². The molecule has 47 heavy (non-hydrogen) atoms. The van der Waals surface area contributed by atoms with Crippen LogP contribution in [0.1, 0.15) is 72.8 Å². The summed E-state index contributed by atoms with van der Waals surface area (Å²) in [5, 5.41) is 16.5. The average molecular weight is 681 g/mol. The standard InChI is InChI=1S/C32H45FN4O9S/c1-9-18-15-32(18,27(40)36-47(43,44)20-11-12-20)35-25(38)22-16-31(42,21-14-19(33)10-13-23(21)45-8)17-37(22)26(39)24(29(2,3)4)34-28(41)46-30(5,6)7/h9-10,13-14,18,20,22,24,42H,1,11-12,15-17H2,2-8H3,(H,34,41)(H,35,38)(H,36,40)/t18-,22+,24-,31+,32-/m1/s1. The third-order valence-corrected chi connectivity index (χ3v) is 10.4.